The van der Waals surface area contributed by atoms with Gasteiger partial charge in [0.15, 0.2) is 0 Å². The summed E-state index contributed by atoms with van der Waals surface area (Å²) >= 11 is 3.29. The topological polar surface area (TPSA) is 105 Å². The van der Waals surface area contributed by atoms with Crippen molar-refractivity contribution in [2.24, 2.45) is 0 Å². The quantitative estimate of drug-likeness (QED) is 0.567. The first-order valence-electron chi connectivity index (χ1n) is 8.27. The second-order valence-corrected chi connectivity index (χ2v) is 6.65. The van der Waals surface area contributed by atoms with E-state index < -0.39 is 23.8 Å². The van der Waals surface area contributed by atoms with Gasteiger partial charge in [-0.05, 0) is 58.8 Å². The van der Waals surface area contributed by atoms with Crippen LogP contribution in [-0.4, -0.2) is 36.0 Å². The van der Waals surface area contributed by atoms with E-state index in [0.717, 1.165) is 0 Å². The van der Waals surface area contributed by atoms with E-state index in [2.05, 4.69) is 26.6 Å². The van der Waals surface area contributed by atoms with Crippen molar-refractivity contribution in [1.82, 2.24) is 10.6 Å². The lowest BCUT2D eigenvalue weighted by Crippen LogP contribution is -2.42. The van der Waals surface area contributed by atoms with E-state index >= 15 is 0 Å². The number of carbonyl (C=O) groups is 3. The van der Waals surface area contributed by atoms with Crippen molar-refractivity contribution in [2.75, 3.05) is 7.11 Å². The highest BCUT2D eigenvalue weighted by atomic mass is 79.9. The van der Waals surface area contributed by atoms with Gasteiger partial charge in [0, 0.05) is 4.47 Å². The maximum atomic E-state index is 12.6. The fraction of sp³-hybridized carbons (Fsp3) is 0.150. The minimum absolute atomic E-state index is 0.0842. The standard InChI is InChI=1S/C20H19BrN2O5/c1-12(20(26)27)22-19(25)17(11-13-7-9-14(28-2)10-8-13)23-18(24)15-5-3-4-6-16(15)21/h3-12H,1-2H3,(H,22,25)(H,23,24)(H,26,27)/b17-11+. The first-order valence-corrected chi connectivity index (χ1v) is 9.06. The first-order chi connectivity index (χ1) is 13.3. The third-order valence-corrected chi connectivity index (χ3v) is 4.45. The SMILES string of the molecule is COc1ccc(/C=C(/NC(=O)c2ccccc2Br)C(=O)NC(C)C(=O)O)cc1. The number of carbonyl (C=O) groups excluding carboxylic acids is 2. The molecule has 28 heavy (non-hydrogen) atoms. The number of hydrogen-bond acceptors (Lipinski definition) is 4. The normalized spacial score (nSPS) is 12.0. The summed E-state index contributed by atoms with van der Waals surface area (Å²) in [6.45, 7) is 1.33. The summed E-state index contributed by atoms with van der Waals surface area (Å²) in [4.78, 5) is 36.2. The highest BCUT2D eigenvalue weighted by molar-refractivity contribution is 9.10. The highest BCUT2D eigenvalue weighted by Crippen LogP contribution is 2.17. The van der Waals surface area contributed by atoms with Crippen molar-refractivity contribution < 1.29 is 24.2 Å². The molecule has 146 valence electrons. The predicted molar refractivity (Wildman–Crippen MR) is 108 cm³/mol. The Morgan fingerprint density at radius 1 is 1.11 bits per heavy atom. The van der Waals surface area contributed by atoms with Crippen molar-refractivity contribution in [1.29, 1.82) is 0 Å². The monoisotopic (exact) mass is 446 g/mol. The maximum absolute atomic E-state index is 12.6. The van der Waals surface area contributed by atoms with E-state index in [1.54, 1.807) is 48.5 Å². The fourth-order valence-electron chi connectivity index (χ4n) is 2.20. The number of benzene rings is 2. The second kappa shape index (κ2) is 9.70. The van der Waals surface area contributed by atoms with Crippen LogP contribution in [0.4, 0.5) is 0 Å². The molecular weight excluding hydrogens is 428 g/mol. The Labute approximate surface area is 170 Å². The Kier molecular flexibility index (Phi) is 7.34. The lowest BCUT2D eigenvalue weighted by atomic mass is 10.1. The molecule has 2 amide bonds. The van der Waals surface area contributed by atoms with Gasteiger partial charge in [-0.2, -0.15) is 0 Å². The average molecular weight is 447 g/mol. The zero-order valence-electron chi connectivity index (χ0n) is 15.2. The first kappa shape index (κ1) is 21.2. The maximum Gasteiger partial charge on any atom is 0.325 e. The number of carboxylic acids is 1. The number of carboxylic acid groups (broad SMARTS) is 1. The number of methoxy groups -OCH3 is 1. The van der Waals surface area contributed by atoms with Gasteiger partial charge in [0.2, 0.25) is 0 Å². The van der Waals surface area contributed by atoms with E-state index in [1.807, 2.05) is 0 Å². The number of halogens is 1. The van der Waals surface area contributed by atoms with Gasteiger partial charge in [0.25, 0.3) is 11.8 Å². The Morgan fingerprint density at radius 2 is 1.75 bits per heavy atom. The van der Waals surface area contributed by atoms with Crippen LogP contribution in [0.1, 0.15) is 22.8 Å². The molecule has 0 radical (unpaired) electrons. The molecule has 0 heterocycles. The summed E-state index contributed by atoms with van der Waals surface area (Å²) < 4.78 is 5.66. The van der Waals surface area contributed by atoms with Crippen molar-refractivity contribution in [3.05, 3.63) is 69.8 Å². The summed E-state index contributed by atoms with van der Waals surface area (Å²) in [6, 6.07) is 12.5. The lowest BCUT2D eigenvalue weighted by Gasteiger charge is -2.14. The predicted octanol–water partition coefficient (Wildman–Crippen LogP) is 2.82. The molecule has 7 nitrogen and oxygen atoms in total. The molecule has 0 aliphatic heterocycles. The second-order valence-electron chi connectivity index (χ2n) is 5.80. The van der Waals surface area contributed by atoms with Crippen LogP contribution in [0.25, 0.3) is 6.08 Å². The van der Waals surface area contributed by atoms with E-state index in [-0.39, 0.29) is 5.70 Å². The number of amides is 2. The average Bonchev–Trinajstić information content (AvgIpc) is 2.68. The Bertz CT molecular complexity index is 909. The molecule has 8 heteroatoms. The molecule has 2 aromatic carbocycles. The van der Waals surface area contributed by atoms with E-state index in [0.29, 0.717) is 21.3 Å². The van der Waals surface area contributed by atoms with Crippen LogP contribution >= 0.6 is 15.9 Å². The number of rotatable bonds is 7. The van der Waals surface area contributed by atoms with Crippen molar-refractivity contribution >= 4 is 39.8 Å². The minimum atomic E-state index is -1.19. The Morgan fingerprint density at radius 3 is 2.32 bits per heavy atom. The van der Waals surface area contributed by atoms with Crippen LogP contribution in [0.5, 0.6) is 5.75 Å². The molecule has 1 unspecified atom stereocenters. The number of ether oxygens (including phenoxy) is 1. The van der Waals surface area contributed by atoms with Gasteiger partial charge in [-0.25, -0.2) is 0 Å². The molecule has 2 rings (SSSR count). The van der Waals surface area contributed by atoms with Crippen LogP contribution < -0.4 is 15.4 Å². The van der Waals surface area contributed by atoms with Crippen LogP contribution in [0.2, 0.25) is 0 Å². The summed E-state index contributed by atoms with van der Waals surface area (Å²) in [7, 11) is 1.54. The molecule has 3 N–H and O–H groups in total. The van der Waals surface area contributed by atoms with Crippen molar-refractivity contribution in [3.63, 3.8) is 0 Å². The number of hydrogen-bond donors (Lipinski definition) is 3. The molecule has 0 aliphatic carbocycles. The smallest absolute Gasteiger partial charge is 0.325 e. The molecule has 2 aromatic rings. The third kappa shape index (κ3) is 5.68. The number of nitrogens with one attached hydrogen (secondary N) is 2. The lowest BCUT2D eigenvalue weighted by molar-refractivity contribution is -0.140. The fourth-order valence-corrected chi connectivity index (χ4v) is 2.66. The van der Waals surface area contributed by atoms with Gasteiger partial charge < -0.3 is 20.5 Å². The van der Waals surface area contributed by atoms with Crippen LogP contribution in [0.15, 0.2) is 58.7 Å². The molecule has 1 atom stereocenters. The Hall–Kier alpha value is -3.13. The van der Waals surface area contributed by atoms with Gasteiger partial charge in [-0.3, -0.25) is 14.4 Å². The molecule has 0 saturated carbocycles. The summed E-state index contributed by atoms with van der Waals surface area (Å²) in [6.07, 6.45) is 1.46. The van der Waals surface area contributed by atoms with Gasteiger partial charge in [0.1, 0.15) is 17.5 Å². The summed E-state index contributed by atoms with van der Waals surface area (Å²) in [5.41, 5.74) is 0.877. The number of aliphatic carboxylic acids is 1. The molecule has 0 fully saturated rings. The van der Waals surface area contributed by atoms with E-state index in [4.69, 9.17) is 9.84 Å². The van der Waals surface area contributed by atoms with Gasteiger partial charge >= 0.3 is 5.97 Å². The largest absolute Gasteiger partial charge is 0.497 e. The zero-order valence-corrected chi connectivity index (χ0v) is 16.8. The molecule has 0 spiro atoms. The van der Waals surface area contributed by atoms with E-state index in [9.17, 15) is 14.4 Å². The van der Waals surface area contributed by atoms with Crippen LogP contribution in [0.3, 0.4) is 0 Å². The minimum Gasteiger partial charge on any atom is -0.497 e. The molecule has 0 aliphatic rings. The Balaban J connectivity index is 2.33. The van der Waals surface area contributed by atoms with Gasteiger partial charge in [-0.15, -0.1) is 0 Å². The van der Waals surface area contributed by atoms with Crippen molar-refractivity contribution in [2.45, 2.75) is 13.0 Å². The third-order valence-electron chi connectivity index (χ3n) is 3.76. The van der Waals surface area contributed by atoms with Crippen molar-refractivity contribution in [3.8, 4) is 5.75 Å². The van der Waals surface area contributed by atoms with Crippen LogP contribution in [-0.2, 0) is 9.59 Å². The zero-order chi connectivity index (χ0) is 20.7. The van der Waals surface area contributed by atoms with Gasteiger partial charge in [-0.1, -0.05) is 24.3 Å². The molecule has 0 bridgehead atoms. The highest BCUT2D eigenvalue weighted by Gasteiger charge is 2.20. The van der Waals surface area contributed by atoms with E-state index in [1.165, 1.54) is 20.1 Å². The van der Waals surface area contributed by atoms with Crippen LogP contribution in [0, 0.1) is 0 Å². The molecule has 0 aromatic heterocycles. The molecular formula is C20H19BrN2O5. The van der Waals surface area contributed by atoms with Gasteiger partial charge in [0.05, 0.1) is 12.7 Å². The summed E-state index contributed by atoms with van der Waals surface area (Å²) in [5.74, 6) is -1.77. The molecule has 0 saturated heterocycles. The summed E-state index contributed by atoms with van der Waals surface area (Å²) in [5, 5.41) is 13.9.